The number of hydrogen-bond acceptors (Lipinski definition) is 3. The molecule has 0 spiro atoms. The van der Waals surface area contributed by atoms with Crippen LogP contribution in [0.25, 0.3) is 6.08 Å². The van der Waals surface area contributed by atoms with Crippen molar-refractivity contribution in [3.05, 3.63) is 28.1 Å². The van der Waals surface area contributed by atoms with E-state index in [1.54, 1.807) is 24.6 Å². The van der Waals surface area contributed by atoms with E-state index in [0.717, 1.165) is 0 Å². The number of aryl methyl sites for hydroxylation is 1. The van der Waals surface area contributed by atoms with Crippen molar-refractivity contribution in [3.8, 4) is 0 Å². The largest absolute Gasteiger partial charge is 0.280 e. The van der Waals surface area contributed by atoms with Crippen LogP contribution in [0.2, 0.25) is 0 Å². The Kier molecular flexibility index (Phi) is 3.14. The number of hydrogen-bond donors (Lipinski definition) is 1. The monoisotopic (exact) mass is 169 g/mol. The van der Waals surface area contributed by atoms with Crippen LogP contribution >= 0.6 is 11.3 Å². The standard InChI is InChI=1S/C8H11NOS/c1-7-5-8(11-6-7)3-4-9-10-2/h3-6,9H,1-2H3/b4-3-. The second-order valence-electron chi connectivity index (χ2n) is 2.18. The van der Waals surface area contributed by atoms with Gasteiger partial charge in [-0.05, 0) is 30.0 Å². The quantitative estimate of drug-likeness (QED) is 0.700. The fraction of sp³-hybridized carbons (Fsp3) is 0.250. The van der Waals surface area contributed by atoms with Crippen LogP contribution in [-0.4, -0.2) is 7.11 Å². The summed E-state index contributed by atoms with van der Waals surface area (Å²) < 4.78 is 0. The van der Waals surface area contributed by atoms with Crippen molar-refractivity contribution < 1.29 is 4.84 Å². The molecule has 1 aromatic rings. The Morgan fingerprint density at radius 3 is 3.00 bits per heavy atom. The zero-order valence-electron chi connectivity index (χ0n) is 6.63. The van der Waals surface area contributed by atoms with E-state index < -0.39 is 0 Å². The average molecular weight is 169 g/mol. The SMILES string of the molecule is CON/C=C\c1cc(C)cs1. The highest BCUT2D eigenvalue weighted by atomic mass is 32.1. The topological polar surface area (TPSA) is 21.3 Å². The molecule has 11 heavy (non-hydrogen) atoms. The number of nitrogens with one attached hydrogen (secondary N) is 1. The van der Waals surface area contributed by atoms with Gasteiger partial charge in [-0.3, -0.25) is 10.3 Å². The van der Waals surface area contributed by atoms with E-state index in [0.29, 0.717) is 0 Å². The highest BCUT2D eigenvalue weighted by Crippen LogP contribution is 2.14. The van der Waals surface area contributed by atoms with E-state index in [2.05, 4.69) is 28.7 Å². The van der Waals surface area contributed by atoms with Gasteiger partial charge in [-0.25, -0.2) is 0 Å². The smallest absolute Gasteiger partial charge is 0.0636 e. The third-order valence-corrected chi connectivity index (χ3v) is 2.20. The van der Waals surface area contributed by atoms with Crippen LogP contribution in [-0.2, 0) is 4.84 Å². The molecule has 0 aromatic carbocycles. The van der Waals surface area contributed by atoms with Gasteiger partial charge in [0.25, 0.3) is 0 Å². The zero-order chi connectivity index (χ0) is 8.10. The van der Waals surface area contributed by atoms with Crippen molar-refractivity contribution in [1.29, 1.82) is 0 Å². The van der Waals surface area contributed by atoms with Crippen LogP contribution < -0.4 is 5.48 Å². The summed E-state index contributed by atoms with van der Waals surface area (Å²) in [7, 11) is 1.59. The minimum atomic E-state index is 1.23. The van der Waals surface area contributed by atoms with Crippen LogP contribution in [0.15, 0.2) is 17.6 Å². The molecule has 0 bridgehead atoms. The summed E-state index contributed by atoms with van der Waals surface area (Å²) in [5, 5.41) is 2.12. The zero-order valence-corrected chi connectivity index (χ0v) is 7.44. The van der Waals surface area contributed by atoms with E-state index >= 15 is 0 Å². The Morgan fingerprint density at radius 1 is 1.64 bits per heavy atom. The lowest BCUT2D eigenvalue weighted by Crippen LogP contribution is -1.99. The molecule has 1 N–H and O–H groups in total. The average Bonchev–Trinajstić information content (AvgIpc) is 2.37. The summed E-state index contributed by atoms with van der Waals surface area (Å²) in [6, 6.07) is 2.12. The Morgan fingerprint density at radius 2 is 2.45 bits per heavy atom. The molecule has 0 fully saturated rings. The van der Waals surface area contributed by atoms with E-state index in [4.69, 9.17) is 0 Å². The Hall–Kier alpha value is -0.800. The van der Waals surface area contributed by atoms with Gasteiger partial charge < -0.3 is 0 Å². The van der Waals surface area contributed by atoms with Crippen LogP contribution in [0.4, 0.5) is 0 Å². The molecular weight excluding hydrogens is 158 g/mol. The molecule has 0 saturated carbocycles. The molecule has 0 atom stereocenters. The second-order valence-corrected chi connectivity index (χ2v) is 3.12. The van der Waals surface area contributed by atoms with E-state index in [9.17, 15) is 0 Å². The minimum Gasteiger partial charge on any atom is -0.280 e. The normalized spacial score (nSPS) is 10.7. The summed E-state index contributed by atoms with van der Waals surface area (Å²) in [6.45, 7) is 2.08. The Bertz CT molecular complexity index is 242. The summed E-state index contributed by atoms with van der Waals surface area (Å²) in [4.78, 5) is 5.87. The van der Waals surface area contributed by atoms with Crippen molar-refractivity contribution in [2.24, 2.45) is 0 Å². The molecule has 1 aromatic heterocycles. The first-order valence-electron chi connectivity index (χ1n) is 3.33. The Labute approximate surface area is 70.5 Å². The van der Waals surface area contributed by atoms with Crippen LogP contribution in [0.3, 0.4) is 0 Å². The lowest BCUT2D eigenvalue weighted by molar-refractivity contribution is 0.129. The first kappa shape index (κ1) is 8.30. The first-order valence-corrected chi connectivity index (χ1v) is 4.21. The molecule has 2 nitrogen and oxygen atoms in total. The molecule has 1 rings (SSSR count). The fourth-order valence-electron chi connectivity index (χ4n) is 0.725. The molecule has 0 unspecified atom stereocenters. The van der Waals surface area contributed by atoms with E-state index in [1.165, 1.54) is 10.4 Å². The van der Waals surface area contributed by atoms with Crippen molar-refractivity contribution in [1.82, 2.24) is 5.48 Å². The predicted octanol–water partition coefficient (Wildman–Crippen LogP) is 2.18. The van der Waals surface area contributed by atoms with Crippen LogP contribution in [0.5, 0.6) is 0 Å². The van der Waals surface area contributed by atoms with Gasteiger partial charge in [-0.15, -0.1) is 11.3 Å². The fourth-order valence-corrected chi connectivity index (χ4v) is 1.52. The molecule has 0 saturated heterocycles. The molecule has 0 radical (unpaired) electrons. The number of rotatable bonds is 3. The van der Waals surface area contributed by atoms with Gasteiger partial charge in [0.05, 0.1) is 7.11 Å². The first-order chi connectivity index (χ1) is 5.33. The third kappa shape index (κ3) is 2.74. The number of thiophene rings is 1. The molecule has 3 heteroatoms. The molecule has 0 aliphatic carbocycles. The molecule has 1 heterocycles. The molecule has 0 aliphatic heterocycles. The summed E-state index contributed by atoms with van der Waals surface area (Å²) >= 11 is 1.72. The van der Waals surface area contributed by atoms with Gasteiger partial charge in [-0.1, -0.05) is 0 Å². The maximum Gasteiger partial charge on any atom is 0.0636 e. The van der Waals surface area contributed by atoms with Crippen molar-refractivity contribution in [2.45, 2.75) is 6.92 Å². The van der Waals surface area contributed by atoms with Gasteiger partial charge in [-0.2, -0.15) is 0 Å². The van der Waals surface area contributed by atoms with Gasteiger partial charge in [0.1, 0.15) is 0 Å². The second kappa shape index (κ2) is 4.16. The van der Waals surface area contributed by atoms with Crippen molar-refractivity contribution in [3.63, 3.8) is 0 Å². The molecule has 60 valence electrons. The Balaban J connectivity index is 2.50. The third-order valence-electron chi connectivity index (χ3n) is 1.18. The van der Waals surface area contributed by atoms with E-state index in [-0.39, 0.29) is 0 Å². The van der Waals surface area contributed by atoms with Gasteiger partial charge >= 0.3 is 0 Å². The minimum absolute atomic E-state index is 1.23. The maximum absolute atomic E-state index is 4.64. The predicted molar refractivity (Wildman–Crippen MR) is 48.2 cm³/mol. The highest BCUT2D eigenvalue weighted by molar-refractivity contribution is 7.11. The lowest BCUT2D eigenvalue weighted by atomic mass is 10.3. The maximum atomic E-state index is 4.64. The summed E-state index contributed by atoms with van der Waals surface area (Å²) in [6.07, 6.45) is 3.74. The van der Waals surface area contributed by atoms with Crippen molar-refractivity contribution >= 4 is 17.4 Å². The summed E-state index contributed by atoms with van der Waals surface area (Å²) in [5.41, 5.74) is 3.93. The van der Waals surface area contributed by atoms with Crippen molar-refractivity contribution in [2.75, 3.05) is 7.11 Å². The highest BCUT2D eigenvalue weighted by Gasteiger charge is 1.89. The molecule has 0 aliphatic rings. The van der Waals surface area contributed by atoms with Crippen LogP contribution in [0, 0.1) is 6.92 Å². The van der Waals surface area contributed by atoms with Crippen LogP contribution in [0.1, 0.15) is 10.4 Å². The van der Waals surface area contributed by atoms with Gasteiger partial charge in [0, 0.05) is 11.1 Å². The van der Waals surface area contributed by atoms with Gasteiger partial charge in [0.2, 0.25) is 0 Å². The molecular formula is C8H11NOS. The lowest BCUT2D eigenvalue weighted by Gasteiger charge is -1.90. The molecule has 0 amide bonds. The number of hydroxylamine groups is 1. The summed E-state index contributed by atoms with van der Waals surface area (Å²) in [5.74, 6) is 0. The van der Waals surface area contributed by atoms with Gasteiger partial charge in [0.15, 0.2) is 0 Å². The van der Waals surface area contributed by atoms with E-state index in [1.807, 2.05) is 6.08 Å².